The number of rotatable bonds is 6. The molecule has 0 saturated heterocycles. The molecule has 0 spiro atoms. The molecular weight excluding hydrogens is 216 g/mol. The Hall–Kier alpha value is -1.04. The molecular formula is C18H27. The molecule has 0 fully saturated rings. The Bertz CT molecular complexity index is 357. The Kier molecular flexibility index (Phi) is 5.65. The van der Waals surface area contributed by atoms with Crippen LogP contribution in [0.15, 0.2) is 30.9 Å². The SMILES string of the molecule is C=C[C](C)c1cc(CC(C)C)cc(CC(C)C)c1. The van der Waals surface area contributed by atoms with E-state index in [2.05, 4.69) is 59.4 Å². The maximum Gasteiger partial charge on any atom is 0.0230 e. The van der Waals surface area contributed by atoms with E-state index in [0.29, 0.717) is 11.8 Å². The zero-order chi connectivity index (χ0) is 13.7. The molecule has 1 aromatic carbocycles. The predicted octanol–water partition coefficient (Wildman–Crippen LogP) is 5.21. The van der Waals surface area contributed by atoms with Gasteiger partial charge in [0.25, 0.3) is 0 Å². The topological polar surface area (TPSA) is 0 Å². The summed E-state index contributed by atoms with van der Waals surface area (Å²) >= 11 is 0. The lowest BCUT2D eigenvalue weighted by atomic mass is 9.90. The van der Waals surface area contributed by atoms with Crippen LogP contribution in [0.2, 0.25) is 0 Å². The first-order valence-corrected chi connectivity index (χ1v) is 7.01. The van der Waals surface area contributed by atoms with E-state index in [1.165, 1.54) is 22.6 Å². The first-order chi connectivity index (χ1) is 8.42. The first-order valence-electron chi connectivity index (χ1n) is 7.01. The van der Waals surface area contributed by atoms with E-state index in [-0.39, 0.29) is 0 Å². The van der Waals surface area contributed by atoms with Crippen LogP contribution in [-0.4, -0.2) is 0 Å². The summed E-state index contributed by atoms with van der Waals surface area (Å²) < 4.78 is 0. The summed E-state index contributed by atoms with van der Waals surface area (Å²) in [4.78, 5) is 0. The van der Waals surface area contributed by atoms with Crippen LogP contribution in [0.3, 0.4) is 0 Å². The molecule has 0 heteroatoms. The smallest absolute Gasteiger partial charge is 0.0230 e. The van der Waals surface area contributed by atoms with Gasteiger partial charge in [0.05, 0.1) is 0 Å². The maximum absolute atomic E-state index is 3.88. The average Bonchev–Trinajstić information content (AvgIpc) is 2.25. The molecule has 0 N–H and O–H groups in total. The highest BCUT2D eigenvalue weighted by molar-refractivity contribution is 5.41. The summed E-state index contributed by atoms with van der Waals surface area (Å²) in [5.74, 6) is 2.68. The number of hydrogen-bond acceptors (Lipinski definition) is 0. The molecule has 0 aliphatic rings. The van der Waals surface area contributed by atoms with Crippen molar-refractivity contribution in [2.24, 2.45) is 11.8 Å². The van der Waals surface area contributed by atoms with Crippen LogP contribution in [0.1, 0.15) is 51.3 Å². The molecule has 0 atom stereocenters. The Morgan fingerprint density at radius 1 is 1.00 bits per heavy atom. The van der Waals surface area contributed by atoms with Gasteiger partial charge in [-0.1, -0.05) is 58.9 Å². The fraction of sp³-hybridized carbons (Fsp3) is 0.500. The minimum atomic E-state index is 0.705. The van der Waals surface area contributed by atoms with Crippen molar-refractivity contribution in [2.45, 2.75) is 47.5 Å². The van der Waals surface area contributed by atoms with E-state index in [1.807, 2.05) is 6.08 Å². The van der Waals surface area contributed by atoms with E-state index in [9.17, 15) is 0 Å². The maximum atomic E-state index is 3.88. The van der Waals surface area contributed by atoms with Crippen LogP contribution >= 0.6 is 0 Å². The van der Waals surface area contributed by atoms with E-state index in [0.717, 1.165) is 12.8 Å². The number of benzene rings is 1. The molecule has 0 amide bonds. The zero-order valence-corrected chi connectivity index (χ0v) is 12.6. The fourth-order valence-electron chi connectivity index (χ4n) is 2.29. The van der Waals surface area contributed by atoms with Gasteiger partial charge >= 0.3 is 0 Å². The third-order valence-corrected chi connectivity index (χ3v) is 3.10. The van der Waals surface area contributed by atoms with Crippen molar-refractivity contribution in [3.05, 3.63) is 53.5 Å². The van der Waals surface area contributed by atoms with E-state index in [4.69, 9.17) is 0 Å². The van der Waals surface area contributed by atoms with Gasteiger partial charge in [0.1, 0.15) is 0 Å². The zero-order valence-electron chi connectivity index (χ0n) is 12.6. The lowest BCUT2D eigenvalue weighted by molar-refractivity contribution is 0.635. The van der Waals surface area contributed by atoms with Gasteiger partial charge < -0.3 is 0 Å². The summed E-state index contributed by atoms with van der Waals surface area (Å²) in [7, 11) is 0. The standard InChI is InChI=1S/C18H27/c1-7-15(6)18-11-16(8-13(2)3)10-17(12-18)9-14(4)5/h7,10-14H,1,8-9H2,2-6H3. The second-order valence-electron chi connectivity index (χ2n) is 6.12. The second-order valence-corrected chi connectivity index (χ2v) is 6.12. The Morgan fingerprint density at radius 2 is 1.44 bits per heavy atom. The highest BCUT2D eigenvalue weighted by Gasteiger charge is 2.08. The van der Waals surface area contributed by atoms with Crippen LogP contribution in [0.25, 0.3) is 0 Å². The van der Waals surface area contributed by atoms with E-state index >= 15 is 0 Å². The summed E-state index contributed by atoms with van der Waals surface area (Å²) in [5.41, 5.74) is 4.25. The van der Waals surface area contributed by atoms with Crippen LogP contribution in [0.4, 0.5) is 0 Å². The molecule has 0 unspecified atom stereocenters. The minimum absolute atomic E-state index is 0.705. The monoisotopic (exact) mass is 243 g/mol. The lowest BCUT2D eigenvalue weighted by Crippen LogP contribution is -2.02. The van der Waals surface area contributed by atoms with Crippen molar-refractivity contribution < 1.29 is 0 Å². The quantitative estimate of drug-likeness (QED) is 0.643. The van der Waals surface area contributed by atoms with E-state index in [1.54, 1.807) is 0 Å². The van der Waals surface area contributed by atoms with Gasteiger partial charge in [-0.3, -0.25) is 0 Å². The van der Waals surface area contributed by atoms with Crippen molar-refractivity contribution in [1.29, 1.82) is 0 Å². The van der Waals surface area contributed by atoms with Crippen LogP contribution < -0.4 is 0 Å². The summed E-state index contributed by atoms with van der Waals surface area (Å²) in [6.45, 7) is 15.1. The highest BCUT2D eigenvalue weighted by Crippen LogP contribution is 2.22. The molecule has 0 heterocycles. The summed E-state index contributed by atoms with van der Waals surface area (Å²) in [5, 5.41) is 0. The van der Waals surface area contributed by atoms with Gasteiger partial charge in [-0.2, -0.15) is 0 Å². The molecule has 1 radical (unpaired) electrons. The van der Waals surface area contributed by atoms with Crippen molar-refractivity contribution in [3.8, 4) is 0 Å². The predicted molar refractivity (Wildman–Crippen MR) is 81.7 cm³/mol. The minimum Gasteiger partial charge on any atom is -0.102 e. The lowest BCUT2D eigenvalue weighted by Gasteiger charge is -2.14. The largest absolute Gasteiger partial charge is 0.102 e. The van der Waals surface area contributed by atoms with Gasteiger partial charge in [-0.05, 0) is 41.4 Å². The van der Waals surface area contributed by atoms with Gasteiger partial charge in [-0.25, -0.2) is 0 Å². The Balaban J connectivity index is 3.06. The van der Waals surface area contributed by atoms with Crippen molar-refractivity contribution in [3.63, 3.8) is 0 Å². The first kappa shape index (κ1) is 15.0. The normalized spacial score (nSPS) is 11.6. The third-order valence-electron chi connectivity index (χ3n) is 3.10. The highest BCUT2D eigenvalue weighted by atomic mass is 14.1. The molecule has 0 aromatic heterocycles. The third kappa shape index (κ3) is 4.68. The van der Waals surface area contributed by atoms with Gasteiger partial charge in [0.15, 0.2) is 0 Å². The van der Waals surface area contributed by atoms with Crippen molar-refractivity contribution in [1.82, 2.24) is 0 Å². The van der Waals surface area contributed by atoms with Crippen LogP contribution in [0.5, 0.6) is 0 Å². The Morgan fingerprint density at radius 3 is 1.78 bits per heavy atom. The molecule has 1 rings (SSSR count). The van der Waals surface area contributed by atoms with Crippen molar-refractivity contribution in [2.75, 3.05) is 0 Å². The number of hydrogen-bond donors (Lipinski definition) is 0. The summed E-state index contributed by atoms with van der Waals surface area (Å²) in [6.07, 6.45) is 4.26. The van der Waals surface area contributed by atoms with Crippen molar-refractivity contribution >= 4 is 0 Å². The molecule has 0 nitrogen and oxygen atoms in total. The fourth-order valence-corrected chi connectivity index (χ4v) is 2.29. The average molecular weight is 243 g/mol. The summed E-state index contributed by atoms with van der Waals surface area (Å²) in [6, 6.07) is 7.02. The van der Waals surface area contributed by atoms with Crippen LogP contribution in [0, 0.1) is 17.8 Å². The van der Waals surface area contributed by atoms with Gasteiger partial charge in [-0.15, -0.1) is 6.58 Å². The number of allylic oxidation sites excluding steroid dienone is 1. The molecule has 0 bridgehead atoms. The second kappa shape index (κ2) is 6.78. The molecule has 99 valence electrons. The van der Waals surface area contributed by atoms with Gasteiger partial charge in [0, 0.05) is 5.92 Å². The van der Waals surface area contributed by atoms with E-state index < -0.39 is 0 Å². The Labute approximate surface area is 113 Å². The molecule has 0 aliphatic heterocycles. The molecule has 1 aromatic rings. The van der Waals surface area contributed by atoms with Crippen LogP contribution in [-0.2, 0) is 12.8 Å². The van der Waals surface area contributed by atoms with Gasteiger partial charge in [0.2, 0.25) is 0 Å². The molecule has 18 heavy (non-hydrogen) atoms. The molecule has 0 saturated carbocycles. The molecule has 0 aliphatic carbocycles.